The maximum atomic E-state index is 14.5. The molecule has 2 atom stereocenters. The van der Waals surface area contributed by atoms with E-state index in [-0.39, 0.29) is 34.7 Å². The number of hydrogen-bond acceptors (Lipinski definition) is 8. The van der Waals surface area contributed by atoms with Gasteiger partial charge in [0.2, 0.25) is 0 Å². The Morgan fingerprint density at radius 1 is 1.21 bits per heavy atom. The summed E-state index contributed by atoms with van der Waals surface area (Å²) < 4.78 is 26.6. The standard InChI is InChI=1S/C28H32ClFN4O4/c1-3-24(36)23-11-17(35)14-34(23)16-7-9-18(10-8-16)38-26-12-19-22(13-25(26)37-2)31-15-32-28(19)33-21-6-4-5-20(29)27(21)30/h4-6,12-13,15-18,23,35H,3,7-11,14H2,1-2H3,(H,31,32,33)/t16?,17-,18?,23+/m1/s1. The molecule has 0 radical (unpaired) electrons. The van der Waals surface area contributed by atoms with Crippen LogP contribution in [-0.4, -0.2) is 63.7 Å². The lowest BCUT2D eigenvalue weighted by Crippen LogP contribution is -2.46. The van der Waals surface area contributed by atoms with Crippen LogP contribution in [0.15, 0.2) is 36.7 Å². The highest BCUT2D eigenvalue weighted by Crippen LogP contribution is 2.38. The number of likely N-dealkylation sites (tertiary alicyclic amines) is 1. The number of rotatable bonds is 8. The Bertz CT molecular complexity index is 1320. The summed E-state index contributed by atoms with van der Waals surface area (Å²) in [4.78, 5) is 23.3. The number of hydrogen-bond donors (Lipinski definition) is 2. The normalized spacial score (nSPS) is 23.9. The number of Topliss-reactive ketones (excluding diaryl/α,β-unsaturated/α-hetero) is 1. The molecule has 8 nitrogen and oxygen atoms in total. The minimum Gasteiger partial charge on any atom is -0.493 e. The molecule has 3 aromatic rings. The summed E-state index contributed by atoms with van der Waals surface area (Å²) in [5.41, 5.74) is 0.832. The van der Waals surface area contributed by atoms with Crippen LogP contribution in [0.25, 0.3) is 10.9 Å². The Morgan fingerprint density at radius 3 is 2.74 bits per heavy atom. The first-order valence-electron chi connectivity index (χ1n) is 13.0. The quantitative estimate of drug-likeness (QED) is 0.397. The van der Waals surface area contributed by atoms with Gasteiger partial charge in [0.05, 0.1) is 41.6 Å². The highest BCUT2D eigenvalue weighted by atomic mass is 35.5. The number of carbonyl (C=O) groups is 1. The second-order valence-electron chi connectivity index (χ2n) is 9.94. The van der Waals surface area contributed by atoms with E-state index in [0.717, 1.165) is 25.7 Å². The van der Waals surface area contributed by atoms with Gasteiger partial charge in [0.25, 0.3) is 0 Å². The highest BCUT2D eigenvalue weighted by molar-refractivity contribution is 6.31. The first-order valence-corrected chi connectivity index (χ1v) is 13.4. The Kier molecular flexibility index (Phi) is 7.97. The second kappa shape index (κ2) is 11.4. The largest absolute Gasteiger partial charge is 0.493 e. The first kappa shape index (κ1) is 26.6. The molecule has 202 valence electrons. The van der Waals surface area contributed by atoms with Gasteiger partial charge in [0.15, 0.2) is 17.3 Å². The van der Waals surface area contributed by atoms with Crippen molar-refractivity contribution in [1.29, 1.82) is 0 Å². The van der Waals surface area contributed by atoms with E-state index in [9.17, 15) is 14.3 Å². The van der Waals surface area contributed by atoms with Crippen LogP contribution in [0.1, 0.15) is 45.4 Å². The number of nitrogens with one attached hydrogen (secondary N) is 1. The van der Waals surface area contributed by atoms with Gasteiger partial charge in [0, 0.05) is 30.5 Å². The summed E-state index contributed by atoms with van der Waals surface area (Å²) in [6.45, 7) is 2.43. The van der Waals surface area contributed by atoms with Gasteiger partial charge >= 0.3 is 0 Å². The fourth-order valence-electron chi connectivity index (χ4n) is 5.61. The van der Waals surface area contributed by atoms with Crippen LogP contribution >= 0.6 is 11.6 Å². The number of aliphatic hydroxyl groups is 1. The van der Waals surface area contributed by atoms with Crippen LogP contribution in [0, 0.1) is 5.82 Å². The van der Waals surface area contributed by atoms with Crippen molar-refractivity contribution >= 4 is 39.8 Å². The number of aromatic nitrogens is 2. The number of ether oxygens (including phenoxy) is 2. The summed E-state index contributed by atoms with van der Waals surface area (Å²) in [6.07, 6.45) is 5.32. The Labute approximate surface area is 226 Å². The van der Waals surface area contributed by atoms with E-state index in [2.05, 4.69) is 20.2 Å². The molecule has 1 saturated carbocycles. The molecule has 38 heavy (non-hydrogen) atoms. The summed E-state index contributed by atoms with van der Waals surface area (Å²) >= 11 is 5.94. The fourth-order valence-corrected chi connectivity index (χ4v) is 5.79. The smallest absolute Gasteiger partial charge is 0.165 e. The van der Waals surface area contributed by atoms with E-state index in [1.165, 1.54) is 12.4 Å². The van der Waals surface area contributed by atoms with E-state index in [4.69, 9.17) is 21.1 Å². The van der Waals surface area contributed by atoms with Gasteiger partial charge in [-0.25, -0.2) is 14.4 Å². The first-order chi connectivity index (χ1) is 18.4. The van der Waals surface area contributed by atoms with Gasteiger partial charge in [-0.15, -0.1) is 0 Å². The molecule has 2 aliphatic rings. The average Bonchev–Trinajstić information content (AvgIpc) is 3.32. The van der Waals surface area contributed by atoms with Crippen molar-refractivity contribution in [3.05, 3.63) is 47.5 Å². The van der Waals surface area contributed by atoms with Crippen molar-refractivity contribution in [3.63, 3.8) is 0 Å². The van der Waals surface area contributed by atoms with Crippen LogP contribution < -0.4 is 14.8 Å². The number of ketones is 1. The number of aliphatic hydroxyl groups excluding tert-OH is 1. The third-order valence-corrected chi connectivity index (χ3v) is 7.86. The van der Waals surface area contributed by atoms with Gasteiger partial charge in [-0.05, 0) is 50.3 Å². The zero-order valence-electron chi connectivity index (χ0n) is 21.5. The van der Waals surface area contributed by atoms with Crippen LogP contribution in [0.5, 0.6) is 11.5 Å². The molecule has 0 spiro atoms. The van der Waals surface area contributed by atoms with Crippen LogP contribution in [0.4, 0.5) is 15.9 Å². The zero-order valence-corrected chi connectivity index (χ0v) is 22.2. The monoisotopic (exact) mass is 542 g/mol. The molecule has 2 fully saturated rings. The molecule has 0 unspecified atom stereocenters. The van der Waals surface area contributed by atoms with Crippen molar-refractivity contribution in [2.45, 2.75) is 69.7 Å². The number of nitrogens with zero attached hydrogens (tertiary/aromatic N) is 3. The minimum atomic E-state index is -0.559. The van der Waals surface area contributed by atoms with Crippen LogP contribution in [0.2, 0.25) is 5.02 Å². The molecule has 1 aliphatic heterocycles. The molecule has 2 aromatic carbocycles. The van der Waals surface area contributed by atoms with E-state index in [1.54, 1.807) is 25.3 Å². The van der Waals surface area contributed by atoms with Crippen molar-refractivity contribution in [1.82, 2.24) is 14.9 Å². The molecule has 5 rings (SSSR count). The number of halogens is 2. The summed E-state index contributed by atoms with van der Waals surface area (Å²) in [5.74, 6) is 1.17. The summed E-state index contributed by atoms with van der Waals surface area (Å²) in [6, 6.07) is 8.40. The highest BCUT2D eigenvalue weighted by Gasteiger charge is 2.40. The van der Waals surface area contributed by atoms with E-state index in [0.29, 0.717) is 47.6 Å². The zero-order chi connectivity index (χ0) is 26.8. The van der Waals surface area contributed by atoms with Crippen molar-refractivity contribution in [2.75, 3.05) is 19.0 Å². The number of benzene rings is 2. The number of methoxy groups -OCH3 is 1. The Morgan fingerprint density at radius 2 is 2.00 bits per heavy atom. The van der Waals surface area contributed by atoms with Crippen LogP contribution in [-0.2, 0) is 4.79 Å². The molecule has 0 amide bonds. The van der Waals surface area contributed by atoms with E-state index < -0.39 is 11.9 Å². The molecule has 10 heteroatoms. The van der Waals surface area contributed by atoms with Gasteiger partial charge in [-0.2, -0.15) is 0 Å². The SMILES string of the molecule is CCC(=O)[C@@H]1C[C@@H](O)CN1C1CCC(Oc2cc3c(Nc4cccc(Cl)c4F)ncnc3cc2OC)CC1. The van der Waals surface area contributed by atoms with E-state index in [1.807, 2.05) is 13.0 Å². The lowest BCUT2D eigenvalue weighted by molar-refractivity contribution is -0.124. The summed E-state index contributed by atoms with van der Waals surface area (Å²) in [7, 11) is 1.58. The maximum absolute atomic E-state index is 14.5. The lowest BCUT2D eigenvalue weighted by Gasteiger charge is -2.37. The maximum Gasteiger partial charge on any atom is 0.165 e. The Hall–Kier alpha value is -3.01. The fraction of sp³-hybridized carbons (Fsp3) is 0.464. The predicted molar refractivity (Wildman–Crippen MR) is 144 cm³/mol. The van der Waals surface area contributed by atoms with Crippen molar-refractivity contribution < 1.29 is 23.8 Å². The number of β-amino-alcohol motifs (C(OH)–C–C–N with tert-alkyl or cyclic N) is 1. The number of carbonyl (C=O) groups excluding carboxylic acids is 1. The molecule has 1 saturated heterocycles. The summed E-state index contributed by atoms with van der Waals surface area (Å²) in [5, 5.41) is 13.9. The molecule has 2 heterocycles. The van der Waals surface area contributed by atoms with E-state index >= 15 is 0 Å². The molecule has 1 aromatic heterocycles. The predicted octanol–water partition coefficient (Wildman–Crippen LogP) is 5.28. The average molecular weight is 543 g/mol. The topological polar surface area (TPSA) is 96.8 Å². The van der Waals surface area contributed by atoms with Crippen molar-refractivity contribution in [2.24, 2.45) is 0 Å². The van der Waals surface area contributed by atoms with Gasteiger partial charge < -0.3 is 19.9 Å². The van der Waals surface area contributed by atoms with Crippen molar-refractivity contribution in [3.8, 4) is 11.5 Å². The van der Waals surface area contributed by atoms with Gasteiger partial charge in [-0.1, -0.05) is 24.6 Å². The molecule has 0 bridgehead atoms. The van der Waals surface area contributed by atoms with Gasteiger partial charge in [0.1, 0.15) is 17.9 Å². The minimum absolute atomic E-state index is 0.0171. The molecule has 1 aliphatic carbocycles. The molecular weight excluding hydrogens is 511 g/mol. The Balaban J connectivity index is 1.33. The molecular formula is C28H32ClFN4O4. The third-order valence-electron chi connectivity index (χ3n) is 7.57. The molecule has 2 N–H and O–H groups in total. The number of anilines is 2. The second-order valence-corrected chi connectivity index (χ2v) is 10.3. The lowest BCUT2D eigenvalue weighted by atomic mass is 9.91. The number of fused-ring (bicyclic) bond motifs is 1. The van der Waals surface area contributed by atoms with Crippen LogP contribution in [0.3, 0.4) is 0 Å². The van der Waals surface area contributed by atoms with Gasteiger partial charge in [-0.3, -0.25) is 9.69 Å². The third kappa shape index (κ3) is 5.41.